The van der Waals surface area contributed by atoms with Gasteiger partial charge in [0, 0.05) is 49.2 Å². The average Bonchev–Trinajstić information content (AvgIpc) is 2.38. The summed E-state index contributed by atoms with van der Waals surface area (Å²) in [5.74, 6) is 1.31. The smallest absolute Gasteiger partial charge is 0.225 e. The minimum Gasteiger partial charge on any atom is -0.338 e. The first-order valence-corrected chi connectivity index (χ1v) is 7.34. The van der Waals surface area contributed by atoms with Crippen molar-refractivity contribution in [2.24, 2.45) is 0 Å². The third-order valence-corrected chi connectivity index (χ3v) is 4.01. The fraction of sp³-hybridized carbons (Fsp3) is 0.714. The van der Waals surface area contributed by atoms with Gasteiger partial charge in [-0.15, -0.1) is 11.6 Å². The normalized spacial score (nSPS) is 17.8. The molecule has 1 aliphatic rings. The Morgan fingerprint density at radius 2 is 1.84 bits per heavy atom. The molecule has 0 atom stereocenters. The van der Waals surface area contributed by atoms with Crippen molar-refractivity contribution >= 4 is 17.5 Å². The highest BCUT2D eigenvalue weighted by Crippen LogP contribution is 2.19. The lowest BCUT2D eigenvalue weighted by atomic mass is 10.1. The molecule has 0 aliphatic carbocycles. The summed E-state index contributed by atoms with van der Waals surface area (Å²) in [6, 6.07) is 0. The number of rotatable bonds is 2. The molecule has 2 heterocycles. The number of aryl methyl sites for hydroxylation is 1. The number of anilines is 1. The van der Waals surface area contributed by atoms with Gasteiger partial charge in [-0.05, 0) is 27.7 Å². The molecule has 0 spiro atoms. The standard InChI is InChI=1S/C14H23ClN4/c1-11-12(9-15)10-16-13(17-11)18-5-7-19(8-6-18)14(2,3)4/h10H,5-9H2,1-4H3. The number of piperazine rings is 1. The molecule has 4 nitrogen and oxygen atoms in total. The number of nitrogens with zero attached hydrogens (tertiary/aromatic N) is 4. The van der Waals surface area contributed by atoms with Crippen LogP contribution in [0, 0.1) is 6.92 Å². The minimum atomic E-state index is 0.241. The van der Waals surface area contributed by atoms with Crippen LogP contribution in [0.1, 0.15) is 32.0 Å². The molecule has 19 heavy (non-hydrogen) atoms. The molecule has 106 valence electrons. The van der Waals surface area contributed by atoms with Crippen LogP contribution >= 0.6 is 11.6 Å². The Morgan fingerprint density at radius 3 is 2.32 bits per heavy atom. The van der Waals surface area contributed by atoms with Gasteiger partial charge in [0.25, 0.3) is 0 Å². The summed E-state index contributed by atoms with van der Waals surface area (Å²) in [7, 11) is 0. The van der Waals surface area contributed by atoms with Gasteiger partial charge >= 0.3 is 0 Å². The SMILES string of the molecule is Cc1nc(N2CCN(C(C)(C)C)CC2)ncc1CCl. The van der Waals surface area contributed by atoms with E-state index < -0.39 is 0 Å². The fourth-order valence-corrected chi connectivity index (χ4v) is 2.60. The van der Waals surface area contributed by atoms with Gasteiger partial charge in [0.05, 0.1) is 5.88 Å². The second-order valence-electron chi connectivity index (χ2n) is 6.06. The summed E-state index contributed by atoms with van der Waals surface area (Å²) < 4.78 is 0. The van der Waals surface area contributed by atoms with Crippen molar-refractivity contribution < 1.29 is 0 Å². The van der Waals surface area contributed by atoms with E-state index in [4.69, 9.17) is 11.6 Å². The summed E-state index contributed by atoms with van der Waals surface area (Å²) in [5.41, 5.74) is 2.24. The Morgan fingerprint density at radius 1 is 1.21 bits per heavy atom. The number of halogens is 1. The number of aromatic nitrogens is 2. The molecule has 0 N–H and O–H groups in total. The fourth-order valence-electron chi connectivity index (χ4n) is 2.34. The van der Waals surface area contributed by atoms with E-state index in [1.807, 2.05) is 13.1 Å². The molecule has 0 bridgehead atoms. The molecular formula is C14H23ClN4. The van der Waals surface area contributed by atoms with E-state index in [1.165, 1.54) is 0 Å². The van der Waals surface area contributed by atoms with Crippen molar-refractivity contribution in [2.45, 2.75) is 39.1 Å². The zero-order valence-corrected chi connectivity index (χ0v) is 13.0. The van der Waals surface area contributed by atoms with Crippen LogP contribution < -0.4 is 4.90 Å². The average molecular weight is 283 g/mol. The Labute approximate surface area is 120 Å². The van der Waals surface area contributed by atoms with E-state index in [2.05, 4.69) is 40.5 Å². The predicted molar refractivity (Wildman–Crippen MR) is 79.9 cm³/mol. The maximum absolute atomic E-state index is 5.84. The Kier molecular flexibility index (Phi) is 4.31. The van der Waals surface area contributed by atoms with Gasteiger partial charge in [-0.25, -0.2) is 9.97 Å². The molecule has 1 aliphatic heterocycles. The molecule has 1 aromatic heterocycles. The summed E-state index contributed by atoms with van der Waals surface area (Å²) in [4.78, 5) is 13.8. The first-order valence-electron chi connectivity index (χ1n) is 6.80. The van der Waals surface area contributed by atoms with Gasteiger partial charge in [-0.3, -0.25) is 4.90 Å². The van der Waals surface area contributed by atoms with Gasteiger partial charge in [0.2, 0.25) is 5.95 Å². The first-order chi connectivity index (χ1) is 8.91. The van der Waals surface area contributed by atoms with E-state index in [9.17, 15) is 0 Å². The lowest BCUT2D eigenvalue weighted by Gasteiger charge is -2.42. The third kappa shape index (κ3) is 3.37. The van der Waals surface area contributed by atoms with Crippen LogP contribution in [0.4, 0.5) is 5.95 Å². The van der Waals surface area contributed by atoms with E-state index in [1.54, 1.807) is 0 Å². The van der Waals surface area contributed by atoms with Gasteiger partial charge in [-0.2, -0.15) is 0 Å². The molecule has 0 aromatic carbocycles. The molecule has 5 heteroatoms. The number of hydrogen-bond acceptors (Lipinski definition) is 4. The van der Waals surface area contributed by atoms with Crippen LogP contribution in [0.3, 0.4) is 0 Å². The number of hydrogen-bond donors (Lipinski definition) is 0. The van der Waals surface area contributed by atoms with Crippen molar-refractivity contribution in [3.05, 3.63) is 17.5 Å². The summed E-state index contributed by atoms with van der Waals surface area (Å²) in [5, 5.41) is 0. The maximum atomic E-state index is 5.84. The lowest BCUT2D eigenvalue weighted by molar-refractivity contribution is 0.128. The van der Waals surface area contributed by atoms with Crippen LogP contribution in [0.15, 0.2) is 6.20 Å². The largest absolute Gasteiger partial charge is 0.338 e. The zero-order valence-electron chi connectivity index (χ0n) is 12.3. The molecule has 2 rings (SSSR count). The van der Waals surface area contributed by atoms with Crippen LogP contribution in [-0.4, -0.2) is 46.6 Å². The topological polar surface area (TPSA) is 32.3 Å². The second kappa shape index (κ2) is 5.63. The van der Waals surface area contributed by atoms with Gasteiger partial charge in [0.15, 0.2) is 0 Å². The minimum absolute atomic E-state index is 0.241. The highest BCUT2D eigenvalue weighted by atomic mass is 35.5. The van der Waals surface area contributed by atoms with Crippen LogP contribution in [-0.2, 0) is 5.88 Å². The van der Waals surface area contributed by atoms with Crippen LogP contribution in [0.5, 0.6) is 0 Å². The molecule has 0 amide bonds. The van der Waals surface area contributed by atoms with Gasteiger partial charge < -0.3 is 4.90 Å². The Hall–Kier alpha value is -0.870. The highest BCUT2D eigenvalue weighted by Gasteiger charge is 2.26. The van der Waals surface area contributed by atoms with Gasteiger partial charge in [-0.1, -0.05) is 0 Å². The molecule has 1 saturated heterocycles. The maximum Gasteiger partial charge on any atom is 0.225 e. The molecule has 1 fully saturated rings. The highest BCUT2D eigenvalue weighted by molar-refractivity contribution is 6.17. The first kappa shape index (κ1) is 14.5. The van der Waals surface area contributed by atoms with Crippen molar-refractivity contribution in [1.82, 2.24) is 14.9 Å². The molecule has 1 aromatic rings. The quantitative estimate of drug-likeness (QED) is 0.780. The molecule has 0 saturated carbocycles. The molecular weight excluding hydrogens is 260 g/mol. The van der Waals surface area contributed by atoms with Crippen molar-refractivity contribution in [3.8, 4) is 0 Å². The van der Waals surface area contributed by atoms with Crippen molar-refractivity contribution in [1.29, 1.82) is 0 Å². The Balaban J connectivity index is 2.04. The number of alkyl halides is 1. The zero-order chi connectivity index (χ0) is 14.0. The van der Waals surface area contributed by atoms with E-state index in [0.29, 0.717) is 5.88 Å². The van der Waals surface area contributed by atoms with E-state index >= 15 is 0 Å². The van der Waals surface area contributed by atoms with Crippen molar-refractivity contribution in [3.63, 3.8) is 0 Å². The van der Waals surface area contributed by atoms with Crippen LogP contribution in [0.25, 0.3) is 0 Å². The third-order valence-electron chi connectivity index (χ3n) is 3.72. The molecule has 0 unspecified atom stereocenters. The second-order valence-corrected chi connectivity index (χ2v) is 6.33. The van der Waals surface area contributed by atoms with Crippen molar-refractivity contribution in [2.75, 3.05) is 31.1 Å². The van der Waals surface area contributed by atoms with Gasteiger partial charge in [0.1, 0.15) is 0 Å². The summed E-state index contributed by atoms with van der Waals surface area (Å²) in [6.45, 7) is 12.9. The monoisotopic (exact) mass is 282 g/mol. The van der Waals surface area contributed by atoms with Crippen LogP contribution in [0.2, 0.25) is 0 Å². The van der Waals surface area contributed by atoms with E-state index in [-0.39, 0.29) is 5.54 Å². The van der Waals surface area contributed by atoms with E-state index in [0.717, 1.165) is 43.4 Å². The molecule has 0 radical (unpaired) electrons. The lowest BCUT2D eigenvalue weighted by Crippen LogP contribution is -2.53. The predicted octanol–water partition coefficient (Wildman–Crippen LogP) is 2.44. The summed E-state index contributed by atoms with van der Waals surface area (Å²) >= 11 is 5.84. The Bertz CT molecular complexity index is 434. The summed E-state index contributed by atoms with van der Waals surface area (Å²) in [6.07, 6.45) is 1.85.